The van der Waals surface area contributed by atoms with Gasteiger partial charge in [0.05, 0.1) is 17.6 Å². The van der Waals surface area contributed by atoms with Crippen molar-refractivity contribution in [3.8, 4) is 0 Å². The van der Waals surface area contributed by atoms with Gasteiger partial charge in [0.2, 0.25) is 10.0 Å². The molecule has 1 saturated heterocycles. The van der Waals surface area contributed by atoms with E-state index in [2.05, 4.69) is 15.0 Å². The maximum absolute atomic E-state index is 11.9. The molecule has 1 aromatic rings. The summed E-state index contributed by atoms with van der Waals surface area (Å²) in [6.45, 7) is 1.82. The van der Waals surface area contributed by atoms with E-state index in [1.807, 2.05) is 0 Å². The minimum Gasteiger partial charge on any atom is -0.317 e. The van der Waals surface area contributed by atoms with E-state index in [0.717, 1.165) is 25.9 Å². The van der Waals surface area contributed by atoms with Gasteiger partial charge >= 0.3 is 0 Å². The molecule has 0 unspecified atom stereocenters. The Bertz CT molecular complexity index is 441. The second-order valence-corrected chi connectivity index (χ2v) is 6.09. The topological polar surface area (TPSA) is 71.1 Å². The van der Waals surface area contributed by atoms with E-state index >= 15 is 0 Å². The van der Waals surface area contributed by atoms with E-state index in [1.54, 1.807) is 18.3 Å². The molecule has 1 aromatic heterocycles. The molecule has 2 heterocycles. The van der Waals surface area contributed by atoms with Gasteiger partial charge in [-0.05, 0) is 44.0 Å². The van der Waals surface area contributed by atoms with Crippen LogP contribution >= 0.6 is 0 Å². The number of anilines is 1. The number of hydrogen-bond donors (Lipinski definition) is 2. The first-order valence-corrected chi connectivity index (χ1v) is 7.42. The van der Waals surface area contributed by atoms with Crippen LogP contribution in [0.25, 0.3) is 0 Å². The average Bonchev–Trinajstić information content (AvgIpc) is 2.30. The van der Waals surface area contributed by atoms with E-state index in [9.17, 15) is 8.42 Å². The van der Waals surface area contributed by atoms with E-state index in [1.165, 1.54) is 6.20 Å². The van der Waals surface area contributed by atoms with Crippen LogP contribution in [0.2, 0.25) is 0 Å². The fourth-order valence-electron chi connectivity index (χ4n) is 2.00. The highest BCUT2D eigenvalue weighted by atomic mass is 32.2. The molecule has 94 valence electrons. The number of sulfonamides is 1. The van der Waals surface area contributed by atoms with Gasteiger partial charge in [0, 0.05) is 6.20 Å². The molecule has 0 spiro atoms. The van der Waals surface area contributed by atoms with Crippen LogP contribution in [-0.2, 0) is 10.0 Å². The van der Waals surface area contributed by atoms with Gasteiger partial charge in [-0.15, -0.1) is 0 Å². The smallest absolute Gasteiger partial charge is 0.233 e. The van der Waals surface area contributed by atoms with Crippen molar-refractivity contribution in [2.45, 2.75) is 12.8 Å². The highest BCUT2D eigenvalue weighted by Crippen LogP contribution is 2.16. The third-order valence-corrected chi connectivity index (χ3v) is 4.31. The summed E-state index contributed by atoms with van der Waals surface area (Å²) >= 11 is 0. The lowest BCUT2D eigenvalue weighted by Crippen LogP contribution is -2.33. The molecular weight excluding hydrogens is 238 g/mol. The summed E-state index contributed by atoms with van der Waals surface area (Å²) < 4.78 is 26.4. The van der Waals surface area contributed by atoms with Crippen LogP contribution in [-0.4, -0.2) is 32.2 Å². The monoisotopic (exact) mass is 255 g/mol. The number of nitrogens with one attached hydrogen (secondary N) is 2. The standard InChI is InChI=1S/C11H17N3O2S/c15-17(16,9-10-3-6-12-7-4-10)14-11-2-1-5-13-8-11/h1-2,5,8,10,12,14H,3-4,6-7,9H2. The SMILES string of the molecule is O=S(=O)(CC1CCNCC1)Nc1cccnc1. The Hall–Kier alpha value is -1.14. The Kier molecular flexibility index (Phi) is 3.96. The second-order valence-electron chi connectivity index (χ2n) is 4.32. The molecule has 0 atom stereocenters. The number of hydrogen-bond acceptors (Lipinski definition) is 4. The van der Waals surface area contributed by atoms with Crippen molar-refractivity contribution in [1.29, 1.82) is 0 Å². The summed E-state index contributed by atoms with van der Waals surface area (Å²) in [5, 5.41) is 3.22. The molecule has 17 heavy (non-hydrogen) atoms. The van der Waals surface area contributed by atoms with E-state index in [0.29, 0.717) is 5.69 Å². The average molecular weight is 255 g/mol. The van der Waals surface area contributed by atoms with Gasteiger partial charge < -0.3 is 5.32 Å². The Labute approximate surface area is 102 Å². The third-order valence-electron chi connectivity index (χ3n) is 2.85. The summed E-state index contributed by atoms with van der Waals surface area (Å²) in [7, 11) is -3.25. The molecule has 0 radical (unpaired) electrons. The number of nitrogens with zero attached hydrogens (tertiary/aromatic N) is 1. The summed E-state index contributed by atoms with van der Waals surface area (Å²) in [5.41, 5.74) is 0.529. The first-order valence-electron chi connectivity index (χ1n) is 5.77. The summed E-state index contributed by atoms with van der Waals surface area (Å²) in [6.07, 6.45) is 4.98. The Balaban J connectivity index is 1.94. The van der Waals surface area contributed by atoms with Crippen LogP contribution in [0.15, 0.2) is 24.5 Å². The van der Waals surface area contributed by atoms with Crippen LogP contribution in [0.1, 0.15) is 12.8 Å². The predicted octanol–water partition coefficient (Wildman–Crippen LogP) is 0.823. The molecule has 0 saturated carbocycles. The molecule has 2 rings (SSSR count). The van der Waals surface area contributed by atoms with Crippen molar-refractivity contribution >= 4 is 15.7 Å². The van der Waals surface area contributed by atoms with Crippen molar-refractivity contribution in [1.82, 2.24) is 10.3 Å². The van der Waals surface area contributed by atoms with Crippen LogP contribution in [0, 0.1) is 5.92 Å². The van der Waals surface area contributed by atoms with Gasteiger partial charge in [0.25, 0.3) is 0 Å². The first-order chi connectivity index (χ1) is 8.16. The number of aromatic nitrogens is 1. The molecule has 1 aliphatic rings. The lowest BCUT2D eigenvalue weighted by Gasteiger charge is -2.22. The van der Waals surface area contributed by atoms with Gasteiger partial charge in [0.1, 0.15) is 0 Å². The van der Waals surface area contributed by atoms with Crippen LogP contribution in [0.3, 0.4) is 0 Å². The molecule has 1 aliphatic heterocycles. The molecule has 6 heteroatoms. The van der Waals surface area contributed by atoms with Crippen molar-refractivity contribution in [3.05, 3.63) is 24.5 Å². The van der Waals surface area contributed by atoms with Crippen LogP contribution in [0.5, 0.6) is 0 Å². The van der Waals surface area contributed by atoms with Crippen molar-refractivity contribution in [2.24, 2.45) is 5.92 Å². The van der Waals surface area contributed by atoms with Gasteiger partial charge in [0.15, 0.2) is 0 Å². The van der Waals surface area contributed by atoms with Crippen LogP contribution in [0.4, 0.5) is 5.69 Å². The van der Waals surface area contributed by atoms with Gasteiger partial charge in [-0.3, -0.25) is 9.71 Å². The first kappa shape index (κ1) is 12.3. The molecule has 0 bridgehead atoms. The number of pyridine rings is 1. The lowest BCUT2D eigenvalue weighted by atomic mass is 10.0. The Morgan fingerprint density at radius 1 is 1.41 bits per heavy atom. The minimum absolute atomic E-state index is 0.198. The van der Waals surface area contributed by atoms with Crippen molar-refractivity contribution < 1.29 is 8.42 Å². The molecular formula is C11H17N3O2S. The molecule has 2 N–H and O–H groups in total. The van der Waals surface area contributed by atoms with E-state index in [-0.39, 0.29) is 11.7 Å². The number of piperidine rings is 1. The third kappa shape index (κ3) is 3.98. The van der Waals surface area contributed by atoms with Crippen molar-refractivity contribution in [2.75, 3.05) is 23.6 Å². The molecule has 0 aromatic carbocycles. The largest absolute Gasteiger partial charge is 0.317 e. The van der Waals surface area contributed by atoms with Gasteiger partial charge in [-0.2, -0.15) is 0 Å². The zero-order valence-corrected chi connectivity index (χ0v) is 10.4. The Morgan fingerprint density at radius 3 is 2.82 bits per heavy atom. The zero-order valence-electron chi connectivity index (χ0n) is 9.59. The minimum atomic E-state index is -3.25. The fraction of sp³-hybridized carbons (Fsp3) is 0.545. The van der Waals surface area contributed by atoms with Crippen LogP contribution < -0.4 is 10.0 Å². The molecule has 0 aliphatic carbocycles. The Morgan fingerprint density at radius 2 is 2.18 bits per heavy atom. The zero-order chi connectivity index (χ0) is 12.1. The van der Waals surface area contributed by atoms with E-state index in [4.69, 9.17) is 0 Å². The maximum Gasteiger partial charge on any atom is 0.233 e. The highest BCUT2D eigenvalue weighted by molar-refractivity contribution is 7.92. The van der Waals surface area contributed by atoms with Crippen molar-refractivity contribution in [3.63, 3.8) is 0 Å². The quantitative estimate of drug-likeness (QED) is 0.835. The number of rotatable bonds is 4. The predicted molar refractivity (Wildman–Crippen MR) is 67.2 cm³/mol. The molecule has 5 nitrogen and oxygen atoms in total. The van der Waals surface area contributed by atoms with E-state index < -0.39 is 10.0 Å². The second kappa shape index (κ2) is 5.46. The van der Waals surface area contributed by atoms with Gasteiger partial charge in [-0.1, -0.05) is 0 Å². The fourth-order valence-corrected chi connectivity index (χ4v) is 3.52. The molecule has 1 fully saturated rings. The normalized spacial score (nSPS) is 17.9. The van der Waals surface area contributed by atoms with Gasteiger partial charge in [-0.25, -0.2) is 8.42 Å². The maximum atomic E-state index is 11.9. The lowest BCUT2D eigenvalue weighted by molar-refractivity contribution is 0.402. The molecule has 0 amide bonds. The summed E-state index contributed by atoms with van der Waals surface area (Å²) in [4.78, 5) is 3.88. The summed E-state index contributed by atoms with van der Waals surface area (Å²) in [6, 6.07) is 3.41. The summed E-state index contributed by atoms with van der Waals surface area (Å²) in [5.74, 6) is 0.453. The highest BCUT2D eigenvalue weighted by Gasteiger charge is 2.21.